The lowest BCUT2D eigenvalue weighted by Crippen LogP contribution is -2.11. The Morgan fingerprint density at radius 1 is 1.04 bits per heavy atom. The third-order valence-electron chi connectivity index (χ3n) is 3.51. The zero-order chi connectivity index (χ0) is 17.6. The fourth-order valence-corrected chi connectivity index (χ4v) is 3.02. The molecule has 3 rings (SSSR count). The average Bonchev–Trinajstić information content (AvgIpc) is 3.14. The number of benzene rings is 2. The van der Waals surface area contributed by atoms with E-state index in [9.17, 15) is 10.1 Å². The van der Waals surface area contributed by atoms with Crippen LogP contribution < -0.4 is 5.32 Å². The van der Waals surface area contributed by atoms with Crippen LogP contribution in [0.15, 0.2) is 66.0 Å². The van der Waals surface area contributed by atoms with Gasteiger partial charge >= 0.3 is 0 Å². The van der Waals surface area contributed by atoms with E-state index >= 15 is 0 Å². The van der Waals surface area contributed by atoms with Crippen LogP contribution in [0.2, 0.25) is 5.02 Å². The van der Waals surface area contributed by atoms with Crippen LogP contribution in [0.4, 0.5) is 5.69 Å². The van der Waals surface area contributed by atoms with E-state index < -0.39 is 0 Å². The lowest BCUT2D eigenvalue weighted by Gasteiger charge is -2.06. The second-order valence-electron chi connectivity index (χ2n) is 5.22. The van der Waals surface area contributed by atoms with E-state index in [4.69, 9.17) is 11.6 Å². The van der Waals surface area contributed by atoms with Gasteiger partial charge in [0, 0.05) is 21.2 Å². The lowest BCUT2D eigenvalue weighted by molar-refractivity contribution is 0.102. The van der Waals surface area contributed by atoms with E-state index in [-0.39, 0.29) is 5.91 Å². The molecule has 2 aromatic carbocycles. The van der Waals surface area contributed by atoms with Gasteiger partial charge in [0.05, 0.1) is 11.6 Å². The summed E-state index contributed by atoms with van der Waals surface area (Å²) in [6, 6.07) is 20.0. The number of allylic oxidation sites excluding steroid dienone is 1. The molecule has 0 aliphatic rings. The van der Waals surface area contributed by atoms with Crippen molar-refractivity contribution in [1.29, 1.82) is 5.26 Å². The molecule has 0 aliphatic heterocycles. The van der Waals surface area contributed by atoms with Crippen molar-refractivity contribution in [3.63, 3.8) is 0 Å². The summed E-state index contributed by atoms with van der Waals surface area (Å²) in [6.07, 6.45) is 1.85. The Bertz CT molecular complexity index is 937. The fraction of sp³-hybridized carbons (Fsp3) is 0. The number of rotatable bonds is 4. The highest BCUT2D eigenvalue weighted by molar-refractivity contribution is 7.10. The van der Waals surface area contributed by atoms with Crippen molar-refractivity contribution in [3.05, 3.63) is 87.1 Å². The van der Waals surface area contributed by atoms with E-state index in [2.05, 4.69) is 11.4 Å². The third kappa shape index (κ3) is 4.36. The van der Waals surface area contributed by atoms with Gasteiger partial charge in [-0.3, -0.25) is 4.79 Å². The third-order valence-corrected chi connectivity index (χ3v) is 4.58. The minimum absolute atomic E-state index is 0.209. The monoisotopic (exact) mass is 364 g/mol. The molecule has 1 aromatic heterocycles. The fourth-order valence-electron chi connectivity index (χ4n) is 2.23. The minimum atomic E-state index is -0.209. The molecule has 0 radical (unpaired) electrons. The molecule has 0 aliphatic carbocycles. The first-order chi connectivity index (χ1) is 12.2. The first-order valence-electron chi connectivity index (χ1n) is 7.48. The number of carbonyl (C=O) groups is 1. The maximum absolute atomic E-state index is 12.2. The highest BCUT2D eigenvalue weighted by Crippen LogP contribution is 2.22. The highest BCUT2D eigenvalue weighted by Gasteiger charge is 2.07. The van der Waals surface area contributed by atoms with Crippen molar-refractivity contribution >= 4 is 46.2 Å². The van der Waals surface area contributed by atoms with Crippen LogP contribution in [0.5, 0.6) is 0 Å². The largest absolute Gasteiger partial charge is 0.322 e. The number of carbonyl (C=O) groups excluding carboxylic acids is 1. The summed E-state index contributed by atoms with van der Waals surface area (Å²) in [5.41, 5.74) is 2.58. The SMILES string of the molecule is N#C/C(=C/c1cccs1)c1ccc(NC(=O)c2ccc(Cl)cc2)cc1. The van der Waals surface area contributed by atoms with Crippen LogP contribution in [0, 0.1) is 11.3 Å². The van der Waals surface area contributed by atoms with Gasteiger partial charge in [-0.15, -0.1) is 11.3 Å². The van der Waals surface area contributed by atoms with Gasteiger partial charge in [-0.2, -0.15) is 5.26 Å². The molecule has 3 aromatic rings. The number of nitriles is 1. The number of nitrogens with zero attached hydrogens (tertiary/aromatic N) is 1. The second-order valence-corrected chi connectivity index (χ2v) is 6.64. The predicted molar refractivity (Wildman–Crippen MR) is 104 cm³/mol. The lowest BCUT2D eigenvalue weighted by atomic mass is 10.1. The Morgan fingerprint density at radius 2 is 1.72 bits per heavy atom. The zero-order valence-corrected chi connectivity index (χ0v) is 14.6. The number of nitrogens with one attached hydrogen (secondary N) is 1. The number of hydrogen-bond donors (Lipinski definition) is 1. The first-order valence-corrected chi connectivity index (χ1v) is 8.74. The predicted octanol–water partition coefficient (Wildman–Crippen LogP) is 5.72. The van der Waals surface area contributed by atoms with Crippen LogP contribution in [-0.2, 0) is 0 Å². The van der Waals surface area contributed by atoms with Crippen molar-refractivity contribution in [2.45, 2.75) is 0 Å². The first kappa shape index (κ1) is 17.0. The molecule has 1 N–H and O–H groups in total. The molecule has 0 atom stereocenters. The van der Waals surface area contributed by atoms with E-state index in [0.717, 1.165) is 10.4 Å². The van der Waals surface area contributed by atoms with E-state index in [1.54, 1.807) is 47.7 Å². The number of anilines is 1. The van der Waals surface area contributed by atoms with Crippen molar-refractivity contribution < 1.29 is 4.79 Å². The van der Waals surface area contributed by atoms with Crippen molar-refractivity contribution in [3.8, 4) is 6.07 Å². The van der Waals surface area contributed by atoms with Crippen LogP contribution in [0.25, 0.3) is 11.6 Å². The van der Waals surface area contributed by atoms with Gasteiger partial charge < -0.3 is 5.32 Å². The smallest absolute Gasteiger partial charge is 0.255 e. The van der Waals surface area contributed by atoms with Gasteiger partial charge in [0.1, 0.15) is 0 Å². The normalized spacial score (nSPS) is 11.0. The minimum Gasteiger partial charge on any atom is -0.322 e. The number of thiophene rings is 1. The van der Waals surface area contributed by atoms with Crippen molar-refractivity contribution in [1.82, 2.24) is 0 Å². The van der Waals surface area contributed by atoms with Gasteiger partial charge in [0.25, 0.3) is 5.91 Å². The van der Waals surface area contributed by atoms with E-state index in [1.165, 1.54) is 0 Å². The Labute approximate surface area is 154 Å². The summed E-state index contributed by atoms with van der Waals surface area (Å²) < 4.78 is 0. The number of hydrogen-bond acceptors (Lipinski definition) is 3. The Hall–Kier alpha value is -2.87. The quantitative estimate of drug-likeness (QED) is 0.602. The molecular formula is C20H13ClN2OS. The molecule has 25 heavy (non-hydrogen) atoms. The summed E-state index contributed by atoms with van der Waals surface area (Å²) >= 11 is 7.40. The zero-order valence-electron chi connectivity index (χ0n) is 13.1. The van der Waals surface area contributed by atoms with Crippen LogP contribution in [-0.4, -0.2) is 5.91 Å². The van der Waals surface area contributed by atoms with Crippen molar-refractivity contribution in [2.24, 2.45) is 0 Å². The molecule has 3 nitrogen and oxygen atoms in total. The molecular weight excluding hydrogens is 352 g/mol. The summed E-state index contributed by atoms with van der Waals surface area (Å²) in [7, 11) is 0. The highest BCUT2D eigenvalue weighted by atomic mass is 35.5. The molecule has 0 spiro atoms. The van der Waals surface area contributed by atoms with Gasteiger partial charge in [-0.1, -0.05) is 29.8 Å². The average molecular weight is 365 g/mol. The van der Waals surface area contributed by atoms with Gasteiger partial charge in [0.15, 0.2) is 0 Å². The Morgan fingerprint density at radius 3 is 2.32 bits per heavy atom. The number of halogens is 1. The molecule has 122 valence electrons. The standard InChI is InChI=1S/C20H13ClN2OS/c21-17-7-3-15(4-8-17)20(24)23-18-9-5-14(6-10-18)16(13-22)12-19-2-1-11-25-19/h1-12H,(H,23,24)/b16-12-. The topological polar surface area (TPSA) is 52.9 Å². The molecule has 0 fully saturated rings. The molecule has 1 amide bonds. The molecule has 0 saturated carbocycles. The maximum atomic E-state index is 12.2. The summed E-state index contributed by atoms with van der Waals surface area (Å²) in [5.74, 6) is -0.209. The molecule has 0 bridgehead atoms. The molecule has 0 saturated heterocycles. The van der Waals surface area contributed by atoms with E-state index in [1.807, 2.05) is 35.7 Å². The van der Waals surface area contributed by atoms with E-state index in [0.29, 0.717) is 21.8 Å². The van der Waals surface area contributed by atoms with Gasteiger partial charge in [-0.05, 0) is 59.5 Å². The van der Waals surface area contributed by atoms with Gasteiger partial charge in [0.2, 0.25) is 0 Å². The summed E-state index contributed by atoms with van der Waals surface area (Å²) in [5, 5.41) is 14.7. The summed E-state index contributed by atoms with van der Waals surface area (Å²) in [6.45, 7) is 0. The molecule has 1 heterocycles. The van der Waals surface area contributed by atoms with Crippen LogP contribution in [0.3, 0.4) is 0 Å². The van der Waals surface area contributed by atoms with Crippen LogP contribution in [0.1, 0.15) is 20.8 Å². The Balaban J connectivity index is 1.75. The molecule has 0 unspecified atom stereocenters. The van der Waals surface area contributed by atoms with Crippen LogP contribution >= 0.6 is 22.9 Å². The second kappa shape index (κ2) is 7.80. The van der Waals surface area contributed by atoms with Crippen molar-refractivity contribution in [2.75, 3.05) is 5.32 Å². The number of amides is 1. The summed E-state index contributed by atoms with van der Waals surface area (Å²) in [4.78, 5) is 13.2. The molecule has 5 heteroatoms. The van der Waals surface area contributed by atoms with Gasteiger partial charge in [-0.25, -0.2) is 0 Å². The maximum Gasteiger partial charge on any atom is 0.255 e. The Kier molecular flexibility index (Phi) is 5.30.